The number of rotatable bonds is 8. The zero-order valence-electron chi connectivity index (χ0n) is 16.5. The SMILES string of the molecule is O=C(CCCc1nc2ccccc2c(=O)[nH]1)NCc1ccccc1Cn1cccn1. The molecule has 2 N–H and O–H groups in total. The van der Waals surface area contributed by atoms with Gasteiger partial charge >= 0.3 is 0 Å². The second kappa shape index (κ2) is 9.17. The van der Waals surface area contributed by atoms with Gasteiger partial charge in [0.05, 0.1) is 17.4 Å². The lowest BCUT2D eigenvalue weighted by Gasteiger charge is -2.11. The minimum Gasteiger partial charge on any atom is -0.352 e. The second-order valence-corrected chi connectivity index (χ2v) is 7.13. The van der Waals surface area contributed by atoms with Gasteiger partial charge in [-0.2, -0.15) is 5.10 Å². The van der Waals surface area contributed by atoms with E-state index in [9.17, 15) is 9.59 Å². The van der Waals surface area contributed by atoms with Crippen LogP contribution in [0.5, 0.6) is 0 Å². The molecule has 1 amide bonds. The first kappa shape index (κ1) is 19.6. The van der Waals surface area contributed by atoms with Gasteiger partial charge in [-0.1, -0.05) is 36.4 Å². The van der Waals surface area contributed by atoms with Crippen LogP contribution >= 0.6 is 0 Å². The van der Waals surface area contributed by atoms with Gasteiger partial charge in [-0.3, -0.25) is 14.3 Å². The first-order valence-corrected chi connectivity index (χ1v) is 9.98. The van der Waals surface area contributed by atoms with Crippen molar-refractivity contribution in [3.8, 4) is 0 Å². The lowest BCUT2D eigenvalue weighted by Crippen LogP contribution is -2.23. The lowest BCUT2D eigenvalue weighted by atomic mass is 10.1. The minimum absolute atomic E-state index is 0.0213. The van der Waals surface area contributed by atoms with E-state index in [4.69, 9.17) is 0 Å². The molecular formula is C23H23N5O2. The molecule has 152 valence electrons. The van der Waals surface area contributed by atoms with Crippen LogP contribution in [0.4, 0.5) is 0 Å². The molecule has 0 unspecified atom stereocenters. The maximum Gasteiger partial charge on any atom is 0.258 e. The number of aromatic nitrogens is 4. The van der Waals surface area contributed by atoms with E-state index in [0.29, 0.717) is 49.1 Å². The highest BCUT2D eigenvalue weighted by Crippen LogP contribution is 2.11. The summed E-state index contributed by atoms with van der Waals surface area (Å²) in [6.45, 7) is 1.14. The Kier molecular flexibility index (Phi) is 5.98. The number of H-pyrrole nitrogens is 1. The Morgan fingerprint density at radius 3 is 2.67 bits per heavy atom. The molecule has 4 aromatic rings. The summed E-state index contributed by atoms with van der Waals surface area (Å²) in [6.07, 6.45) is 5.20. The van der Waals surface area contributed by atoms with Gasteiger partial charge in [0.1, 0.15) is 5.82 Å². The molecule has 0 radical (unpaired) electrons. The number of carbonyl (C=O) groups is 1. The summed E-state index contributed by atoms with van der Waals surface area (Å²) < 4.78 is 1.86. The van der Waals surface area contributed by atoms with E-state index in [1.54, 1.807) is 12.3 Å². The summed E-state index contributed by atoms with van der Waals surface area (Å²) in [5, 5.41) is 7.80. The maximum atomic E-state index is 12.3. The molecule has 0 saturated carbocycles. The van der Waals surface area contributed by atoms with Crippen LogP contribution in [0.25, 0.3) is 10.9 Å². The van der Waals surface area contributed by atoms with Crippen LogP contribution in [-0.4, -0.2) is 25.7 Å². The number of nitrogens with one attached hydrogen (secondary N) is 2. The maximum absolute atomic E-state index is 12.3. The zero-order chi connectivity index (χ0) is 20.8. The van der Waals surface area contributed by atoms with Gasteiger partial charge in [0.15, 0.2) is 0 Å². The predicted molar refractivity (Wildman–Crippen MR) is 115 cm³/mol. The van der Waals surface area contributed by atoms with Crippen molar-refractivity contribution in [1.29, 1.82) is 0 Å². The molecule has 4 rings (SSSR count). The van der Waals surface area contributed by atoms with Crippen LogP contribution in [0.1, 0.15) is 29.8 Å². The fraction of sp³-hybridized carbons (Fsp3) is 0.217. The Hall–Kier alpha value is -3.74. The number of benzene rings is 2. The molecule has 7 heteroatoms. The molecule has 0 aliphatic heterocycles. The summed E-state index contributed by atoms with van der Waals surface area (Å²) in [5.41, 5.74) is 2.73. The minimum atomic E-state index is -0.145. The van der Waals surface area contributed by atoms with Gasteiger partial charge in [-0.25, -0.2) is 4.98 Å². The van der Waals surface area contributed by atoms with E-state index >= 15 is 0 Å². The number of nitrogens with zero attached hydrogens (tertiary/aromatic N) is 3. The fourth-order valence-corrected chi connectivity index (χ4v) is 3.40. The van der Waals surface area contributed by atoms with Crippen molar-refractivity contribution < 1.29 is 4.79 Å². The molecular weight excluding hydrogens is 378 g/mol. The first-order valence-electron chi connectivity index (χ1n) is 9.98. The summed E-state index contributed by atoms with van der Waals surface area (Å²) in [5.74, 6) is 0.586. The third-order valence-electron chi connectivity index (χ3n) is 4.97. The van der Waals surface area contributed by atoms with E-state index in [1.807, 2.05) is 59.4 Å². The van der Waals surface area contributed by atoms with Crippen molar-refractivity contribution >= 4 is 16.8 Å². The topological polar surface area (TPSA) is 92.7 Å². The molecule has 2 aromatic carbocycles. The van der Waals surface area contributed by atoms with Crippen molar-refractivity contribution in [2.24, 2.45) is 0 Å². The van der Waals surface area contributed by atoms with Crippen LogP contribution in [0.2, 0.25) is 0 Å². The second-order valence-electron chi connectivity index (χ2n) is 7.13. The van der Waals surface area contributed by atoms with Crippen LogP contribution in [0.15, 0.2) is 71.8 Å². The molecule has 2 aromatic heterocycles. The van der Waals surface area contributed by atoms with Gasteiger partial charge in [0, 0.05) is 31.8 Å². The average Bonchev–Trinajstić information content (AvgIpc) is 3.26. The van der Waals surface area contributed by atoms with Crippen molar-refractivity contribution in [3.05, 3.63) is 94.3 Å². The molecule has 0 saturated heterocycles. The Bertz CT molecular complexity index is 1200. The summed E-state index contributed by atoms with van der Waals surface area (Å²) in [4.78, 5) is 31.7. The smallest absolute Gasteiger partial charge is 0.258 e. The number of para-hydroxylation sites is 1. The standard InChI is InChI=1S/C23H23N5O2/c29-22(12-5-11-21-26-20-10-4-3-9-19(20)23(30)27-21)24-15-17-7-1-2-8-18(17)16-28-14-6-13-25-28/h1-4,6-10,13-14H,5,11-12,15-16H2,(H,24,29)(H,26,27,30). The molecule has 0 spiro atoms. The number of hydrogen-bond acceptors (Lipinski definition) is 4. The van der Waals surface area contributed by atoms with Crippen LogP contribution in [-0.2, 0) is 24.3 Å². The van der Waals surface area contributed by atoms with E-state index in [-0.39, 0.29) is 11.5 Å². The number of hydrogen-bond donors (Lipinski definition) is 2. The molecule has 0 bridgehead atoms. The van der Waals surface area contributed by atoms with Crippen LogP contribution in [0.3, 0.4) is 0 Å². The first-order chi connectivity index (χ1) is 14.7. The van der Waals surface area contributed by atoms with Crippen molar-refractivity contribution in [2.75, 3.05) is 0 Å². The molecule has 0 aliphatic carbocycles. The number of aromatic amines is 1. The average molecular weight is 401 g/mol. The number of fused-ring (bicyclic) bond motifs is 1. The van der Waals surface area contributed by atoms with E-state index in [2.05, 4.69) is 20.4 Å². The molecule has 7 nitrogen and oxygen atoms in total. The van der Waals surface area contributed by atoms with E-state index in [0.717, 1.165) is 11.1 Å². The van der Waals surface area contributed by atoms with Gasteiger partial charge in [0.25, 0.3) is 5.56 Å². The van der Waals surface area contributed by atoms with Crippen molar-refractivity contribution in [2.45, 2.75) is 32.4 Å². The Morgan fingerprint density at radius 2 is 1.83 bits per heavy atom. The highest BCUT2D eigenvalue weighted by molar-refractivity contribution is 5.77. The normalized spacial score (nSPS) is 10.9. The number of amides is 1. The fourth-order valence-electron chi connectivity index (χ4n) is 3.40. The third-order valence-corrected chi connectivity index (χ3v) is 4.97. The highest BCUT2D eigenvalue weighted by atomic mass is 16.1. The Morgan fingerprint density at radius 1 is 1.03 bits per heavy atom. The molecule has 0 atom stereocenters. The largest absolute Gasteiger partial charge is 0.352 e. The van der Waals surface area contributed by atoms with Gasteiger partial charge < -0.3 is 10.3 Å². The summed E-state index contributed by atoms with van der Waals surface area (Å²) in [6, 6.07) is 17.2. The quantitative estimate of drug-likeness (QED) is 0.475. The third kappa shape index (κ3) is 4.81. The van der Waals surface area contributed by atoms with Gasteiger partial charge in [-0.05, 0) is 35.7 Å². The van der Waals surface area contributed by atoms with Crippen molar-refractivity contribution in [1.82, 2.24) is 25.1 Å². The van der Waals surface area contributed by atoms with Crippen molar-refractivity contribution in [3.63, 3.8) is 0 Å². The molecule has 30 heavy (non-hydrogen) atoms. The van der Waals surface area contributed by atoms with Gasteiger partial charge in [-0.15, -0.1) is 0 Å². The number of aryl methyl sites for hydroxylation is 1. The van der Waals surface area contributed by atoms with Crippen LogP contribution in [0, 0.1) is 0 Å². The van der Waals surface area contributed by atoms with E-state index < -0.39 is 0 Å². The molecule has 2 heterocycles. The highest BCUT2D eigenvalue weighted by Gasteiger charge is 2.08. The molecule has 0 fully saturated rings. The summed E-state index contributed by atoms with van der Waals surface area (Å²) in [7, 11) is 0. The monoisotopic (exact) mass is 401 g/mol. The zero-order valence-corrected chi connectivity index (χ0v) is 16.5. The Labute approximate surface area is 173 Å². The van der Waals surface area contributed by atoms with Gasteiger partial charge in [0.2, 0.25) is 5.91 Å². The van der Waals surface area contributed by atoms with Crippen LogP contribution < -0.4 is 10.9 Å². The lowest BCUT2D eigenvalue weighted by molar-refractivity contribution is -0.121. The number of carbonyl (C=O) groups excluding carboxylic acids is 1. The predicted octanol–water partition coefficient (Wildman–Crippen LogP) is 2.81. The Balaban J connectivity index is 1.29. The molecule has 0 aliphatic rings. The van der Waals surface area contributed by atoms with E-state index in [1.165, 1.54) is 0 Å². The summed E-state index contributed by atoms with van der Waals surface area (Å²) >= 11 is 0.